The summed E-state index contributed by atoms with van der Waals surface area (Å²) in [4.78, 5) is 19.3. The number of carbonyl (C=O) groups excluding carboxylic acids is 1. The fourth-order valence-electron chi connectivity index (χ4n) is 3.12. The average molecular weight is 442 g/mol. The maximum Gasteiger partial charge on any atom is 0.257 e. The summed E-state index contributed by atoms with van der Waals surface area (Å²) in [7, 11) is -0.837. The molecular formula is C24H31N3O3S. The van der Waals surface area contributed by atoms with E-state index in [0.29, 0.717) is 16.4 Å². The summed E-state index contributed by atoms with van der Waals surface area (Å²) in [5.74, 6) is 0.955. The van der Waals surface area contributed by atoms with Crippen LogP contribution in [0.2, 0.25) is 0 Å². The molecule has 0 saturated heterocycles. The Balaban J connectivity index is 1.83. The zero-order valence-corrected chi connectivity index (χ0v) is 19.7. The molecule has 1 fully saturated rings. The smallest absolute Gasteiger partial charge is 0.257 e. The van der Waals surface area contributed by atoms with E-state index in [-0.39, 0.29) is 11.8 Å². The van der Waals surface area contributed by atoms with Crippen molar-refractivity contribution in [2.75, 3.05) is 19.8 Å². The third-order valence-corrected chi connectivity index (χ3v) is 7.23. The molecule has 166 valence electrons. The first-order chi connectivity index (χ1) is 14.7. The Morgan fingerprint density at radius 1 is 1.23 bits per heavy atom. The first-order valence-electron chi connectivity index (χ1n) is 10.6. The van der Waals surface area contributed by atoms with Crippen LogP contribution in [0, 0.1) is 19.8 Å². The van der Waals surface area contributed by atoms with Gasteiger partial charge in [-0.05, 0) is 75.1 Å². The highest BCUT2D eigenvalue weighted by atomic mass is 32.2. The van der Waals surface area contributed by atoms with E-state index in [0.717, 1.165) is 42.6 Å². The molecule has 2 aromatic rings. The molecule has 31 heavy (non-hydrogen) atoms. The number of carbonyl (C=O) groups is 1. The molecule has 1 aliphatic carbocycles. The molecule has 0 aliphatic heterocycles. The van der Waals surface area contributed by atoms with Gasteiger partial charge in [0.25, 0.3) is 5.91 Å². The van der Waals surface area contributed by atoms with Crippen molar-refractivity contribution in [2.45, 2.75) is 44.9 Å². The van der Waals surface area contributed by atoms with Crippen molar-refractivity contribution >= 4 is 27.7 Å². The molecule has 1 unspecified atom stereocenters. The van der Waals surface area contributed by atoms with Crippen molar-refractivity contribution in [3.05, 3.63) is 47.5 Å². The van der Waals surface area contributed by atoms with E-state index >= 15 is 0 Å². The van der Waals surface area contributed by atoms with Gasteiger partial charge in [0.15, 0.2) is 0 Å². The number of rotatable bonds is 7. The second kappa shape index (κ2) is 9.64. The summed E-state index contributed by atoms with van der Waals surface area (Å²) in [6.07, 6.45) is 6.05. The molecule has 1 aliphatic rings. The lowest BCUT2D eigenvalue weighted by atomic mass is 9.85. The number of benzene rings is 2. The number of aryl methyl sites for hydroxylation is 2. The van der Waals surface area contributed by atoms with Crippen molar-refractivity contribution in [2.24, 2.45) is 15.3 Å². The van der Waals surface area contributed by atoms with E-state index in [1.165, 1.54) is 6.26 Å². The maximum atomic E-state index is 13.1. The van der Waals surface area contributed by atoms with Gasteiger partial charge in [0.2, 0.25) is 0 Å². The number of amides is 1. The van der Waals surface area contributed by atoms with Gasteiger partial charge in [-0.3, -0.25) is 4.79 Å². The van der Waals surface area contributed by atoms with E-state index in [9.17, 15) is 9.00 Å². The van der Waals surface area contributed by atoms with Gasteiger partial charge in [0, 0.05) is 25.8 Å². The molecule has 0 N–H and O–H groups in total. The van der Waals surface area contributed by atoms with E-state index in [4.69, 9.17) is 4.74 Å². The molecule has 7 heteroatoms. The summed E-state index contributed by atoms with van der Waals surface area (Å²) in [5, 5.41) is 0. The van der Waals surface area contributed by atoms with Crippen LogP contribution < -0.4 is 4.74 Å². The number of hydrogen-bond acceptors (Lipinski definition) is 4. The molecule has 0 bridgehead atoms. The van der Waals surface area contributed by atoms with Gasteiger partial charge < -0.3 is 9.64 Å². The van der Waals surface area contributed by atoms with Crippen molar-refractivity contribution < 1.29 is 13.7 Å². The Labute approximate surface area is 185 Å². The van der Waals surface area contributed by atoms with Crippen molar-refractivity contribution in [1.29, 1.82) is 0 Å². The van der Waals surface area contributed by atoms with Gasteiger partial charge in [-0.2, -0.15) is 4.36 Å². The Hall–Kier alpha value is -2.67. The minimum Gasteiger partial charge on any atom is -0.457 e. The van der Waals surface area contributed by atoms with Crippen LogP contribution in [0.4, 0.5) is 5.69 Å². The van der Waals surface area contributed by atoms with E-state index in [2.05, 4.69) is 16.3 Å². The van der Waals surface area contributed by atoms with Gasteiger partial charge >= 0.3 is 0 Å². The van der Waals surface area contributed by atoms with Gasteiger partial charge in [-0.25, -0.2) is 9.20 Å². The first-order valence-corrected chi connectivity index (χ1v) is 12.5. The van der Waals surface area contributed by atoms with Crippen molar-refractivity contribution in [3.8, 4) is 11.5 Å². The second-order valence-electron chi connectivity index (χ2n) is 8.16. The standard InChI is InChI=1S/C24H31N3O3S/c1-6-27(4)16-25-22-13-18(3)23(14-17(22)2)30-20-11-8-12-21(15-20)31(5,29)26-24(28)19-9-7-10-19/h8,11-16,19H,6-7,9-10H2,1-5H3. The fraction of sp³-hybridized carbons (Fsp3) is 0.417. The number of aliphatic imine (C=N–C) groups is 1. The zero-order valence-electron chi connectivity index (χ0n) is 18.9. The molecule has 1 saturated carbocycles. The van der Waals surface area contributed by atoms with Crippen LogP contribution >= 0.6 is 0 Å². The van der Waals surface area contributed by atoms with Gasteiger partial charge in [-0.1, -0.05) is 12.5 Å². The number of hydrogen-bond donors (Lipinski definition) is 0. The third-order valence-electron chi connectivity index (χ3n) is 5.58. The summed E-state index contributed by atoms with van der Waals surface area (Å²) in [5.41, 5.74) is 2.84. The zero-order chi connectivity index (χ0) is 22.6. The number of nitrogens with zero attached hydrogens (tertiary/aromatic N) is 3. The Morgan fingerprint density at radius 3 is 2.61 bits per heavy atom. The summed E-state index contributed by atoms with van der Waals surface area (Å²) in [6, 6.07) is 11.0. The Bertz CT molecular complexity index is 1110. The molecule has 0 radical (unpaired) electrons. The minimum absolute atomic E-state index is 0.0656. The predicted octanol–water partition coefficient (Wildman–Crippen LogP) is 5.49. The van der Waals surface area contributed by atoms with Gasteiger partial charge in [0.05, 0.1) is 26.7 Å². The van der Waals surface area contributed by atoms with Crippen LogP contribution in [0.3, 0.4) is 0 Å². The maximum absolute atomic E-state index is 13.1. The fourth-order valence-corrected chi connectivity index (χ4v) is 4.38. The third kappa shape index (κ3) is 5.73. The van der Waals surface area contributed by atoms with Gasteiger partial charge in [-0.15, -0.1) is 0 Å². The van der Waals surface area contributed by atoms with Crippen LogP contribution in [0.25, 0.3) is 0 Å². The van der Waals surface area contributed by atoms with Gasteiger partial charge in [0.1, 0.15) is 11.5 Å². The topological polar surface area (TPSA) is 71.3 Å². The molecule has 3 rings (SSSR count). The quantitative estimate of drug-likeness (QED) is 0.421. The lowest BCUT2D eigenvalue weighted by Crippen LogP contribution is -2.21. The molecule has 0 spiro atoms. The lowest BCUT2D eigenvalue weighted by molar-refractivity contribution is -0.123. The Kier molecular flexibility index (Phi) is 7.15. The monoisotopic (exact) mass is 441 g/mol. The van der Waals surface area contributed by atoms with E-state index < -0.39 is 9.73 Å². The lowest BCUT2D eigenvalue weighted by Gasteiger charge is -2.21. The average Bonchev–Trinajstić information content (AvgIpc) is 2.67. The van der Waals surface area contributed by atoms with Crippen LogP contribution in [0.1, 0.15) is 37.3 Å². The molecule has 2 aromatic carbocycles. The molecule has 0 heterocycles. The predicted molar refractivity (Wildman–Crippen MR) is 126 cm³/mol. The SMILES string of the molecule is CCN(C)C=Nc1cc(C)c(Oc2cccc(S(C)(=O)=NC(=O)C3CCC3)c2)cc1C. The van der Waals surface area contributed by atoms with E-state index in [1.54, 1.807) is 18.2 Å². The molecular weight excluding hydrogens is 410 g/mol. The summed E-state index contributed by atoms with van der Waals surface area (Å²) < 4.78 is 23.2. The largest absolute Gasteiger partial charge is 0.457 e. The first kappa shape index (κ1) is 23.0. The molecule has 1 atom stereocenters. The summed E-state index contributed by atoms with van der Waals surface area (Å²) in [6.45, 7) is 6.92. The van der Waals surface area contributed by atoms with Crippen LogP contribution in [0.5, 0.6) is 11.5 Å². The highest BCUT2D eigenvalue weighted by molar-refractivity contribution is 7.93. The highest BCUT2D eigenvalue weighted by Crippen LogP contribution is 2.33. The molecule has 1 amide bonds. The second-order valence-corrected chi connectivity index (χ2v) is 10.4. The van der Waals surface area contributed by atoms with Crippen LogP contribution in [-0.2, 0) is 14.5 Å². The van der Waals surface area contributed by atoms with E-state index in [1.807, 2.05) is 50.3 Å². The molecule has 6 nitrogen and oxygen atoms in total. The van der Waals surface area contributed by atoms with Crippen molar-refractivity contribution in [1.82, 2.24) is 4.90 Å². The number of ether oxygens (including phenoxy) is 1. The normalized spacial score (nSPS) is 15.9. The summed E-state index contributed by atoms with van der Waals surface area (Å²) >= 11 is 0. The highest BCUT2D eigenvalue weighted by Gasteiger charge is 2.26. The molecule has 0 aromatic heterocycles. The van der Waals surface area contributed by atoms with Crippen molar-refractivity contribution in [3.63, 3.8) is 0 Å². The minimum atomic E-state index is -2.82. The van der Waals surface area contributed by atoms with Crippen LogP contribution in [-0.4, -0.2) is 41.2 Å². The van der Waals surface area contributed by atoms with Crippen LogP contribution in [0.15, 0.2) is 50.6 Å². The Morgan fingerprint density at radius 2 is 1.97 bits per heavy atom.